The van der Waals surface area contributed by atoms with E-state index in [1.165, 1.54) is 18.4 Å². The minimum absolute atomic E-state index is 0.0847. The maximum absolute atomic E-state index is 13.8. The molecular weight excluding hydrogens is 540 g/mol. The number of esters is 1. The van der Waals surface area contributed by atoms with E-state index in [1.807, 2.05) is 60.7 Å². The van der Waals surface area contributed by atoms with Crippen LogP contribution in [0, 0.1) is 0 Å². The average Bonchev–Trinajstić information content (AvgIpc) is 3.29. The molecule has 1 aliphatic heterocycles. The van der Waals surface area contributed by atoms with E-state index < -0.39 is 12.0 Å². The fourth-order valence-electron chi connectivity index (χ4n) is 4.53. The number of rotatable bonds is 13. The van der Waals surface area contributed by atoms with Crippen molar-refractivity contribution in [2.45, 2.75) is 39.2 Å². The van der Waals surface area contributed by atoms with Gasteiger partial charge in [-0.15, -0.1) is 0 Å². The number of nitrogens with zero attached hydrogens (tertiary/aromatic N) is 2. The number of benzene rings is 2. The number of carbonyl (C=O) groups is 1. The summed E-state index contributed by atoms with van der Waals surface area (Å²) < 4.78 is 24.2. The van der Waals surface area contributed by atoms with Crippen molar-refractivity contribution in [2.75, 3.05) is 34.0 Å². The zero-order valence-electron chi connectivity index (χ0n) is 23.9. The molecule has 1 aromatic heterocycles. The Morgan fingerprint density at radius 2 is 1.85 bits per heavy atom. The molecule has 8 nitrogen and oxygen atoms in total. The lowest BCUT2D eigenvalue weighted by Gasteiger charge is -2.25. The summed E-state index contributed by atoms with van der Waals surface area (Å²) >= 11 is 1.28. The lowest BCUT2D eigenvalue weighted by molar-refractivity contribution is -0.140. The molecule has 2 aromatic carbocycles. The second-order valence-corrected chi connectivity index (χ2v) is 10.5. The van der Waals surface area contributed by atoms with Gasteiger partial charge in [0.2, 0.25) is 0 Å². The van der Waals surface area contributed by atoms with E-state index >= 15 is 0 Å². The smallest absolute Gasteiger partial charge is 0.338 e. The second kappa shape index (κ2) is 14.6. The Morgan fingerprint density at radius 1 is 1.05 bits per heavy atom. The molecule has 1 atom stereocenters. The fourth-order valence-corrected chi connectivity index (χ4v) is 5.52. The maximum Gasteiger partial charge on any atom is 0.338 e. The number of allylic oxidation sites excluding steroid dienone is 2. The number of hydrogen-bond donors (Lipinski definition) is 0. The van der Waals surface area contributed by atoms with Crippen molar-refractivity contribution in [1.82, 2.24) is 4.57 Å². The standard InChI is InChI=1S/C32H36N2O6S/c1-5-6-10-18-39-25-17-16-24(21-26(25)38-4)29-28(31(36)40-20-19-37-3)22(2)33-32-34(29)30(35)27(41-32)15-11-14-23-12-8-7-9-13-23/h7-9,11-17,21,29H,5-6,10,18-20H2,1-4H3. The molecule has 0 N–H and O–H groups in total. The van der Waals surface area contributed by atoms with Gasteiger partial charge in [0, 0.05) is 7.11 Å². The Bertz CT molecular complexity index is 1590. The first-order valence-corrected chi connectivity index (χ1v) is 14.5. The van der Waals surface area contributed by atoms with Gasteiger partial charge in [0.25, 0.3) is 5.56 Å². The summed E-state index contributed by atoms with van der Waals surface area (Å²) in [6, 6.07) is 14.6. The molecule has 4 rings (SSSR count). The summed E-state index contributed by atoms with van der Waals surface area (Å²) in [6.45, 7) is 4.82. The first-order valence-electron chi connectivity index (χ1n) is 13.7. The molecule has 0 amide bonds. The zero-order chi connectivity index (χ0) is 29.2. The van der Waals surface area contributed by atoms with E-state index in [1.54, 1.807) is 24.7 Å². The third-order valence-corrected chi connectivity index (χ3v) is 7.61. The SMILES string of the molecule is CCCCCOc1ccc(C2C(C(=O)OCCOC)=C(C)N=c3sc(=CC=Cc4ccccc4)c(=O)n32)cc1OC. The topological polar surface area (TPSA) is 88.4 Å². The first-order chi connectivity index (χ1) is 20.0. The van der Waals surface area contributed by atoms with Gasteiger partial charge < -0.3 is 18.9 Å². The summed E-state index contributed by atoms with van der Waals surface area (Å²) in [5.74, 6) is 0.579. The van der Waals surface area contributed by atoms with Gasteiger partial charge in [0.1, 0.15) is 6.61 Å². The molecule has 2 heterocycles. The van der Waals surface area contributed by atoms with Crippen molar-refractivity contribution in [3.05, 3.63) is 96.7 Å². The molecule has 0 saturated carbocycles. The summed E-state index contributed by atoms with van der Waals surface area (Å²) in [5.41, 5.74) is 2.24. The summed E-state index contributed by atoms with van der Waals surface area (Å²) in [6.07, 6.45) is 8.67. The Kier molecular flexibility index (Phi) is 10.7. The molecule has 3 aromatic rings. The molecule has 0 radical (unpaired) electrons. The monoisotopic (exact) mass is 576 g/mol. The van der Waals surface area contributed by atoms with Crippen LogP contribution in [-0.2, 0) is 14.3 Å². The second-order valence-electron chi connectivity index (χ2n) is 9.47. The first kappa shape index (κ1) is 30.0. The number of fused-ring (bicyclic) bond motifs is 1. The Labute approximate surface area is 243 Å². The maximum atomic E-state index is 13.8. The van der Waals surface area contributed by atoms with E-state index in [9.17, 15) is 9.59 Å². The van der Waals surface area contributed by atoms with Crippen molar-refractivity contribution in [3.8, 4) is 11.5 Å². The molecule has 0 aliphatic carbocycles. The van der Waals surface area contributed by atoms with Gasteiger partial charge in [-0.1, -0.05) is 79.7 Å². The third kappa shape index (κ3) is 7.23. The van der Waals surface area contributed by atoms with E-state index in [0.29, 0.717) is 44.3 Å². The zero-order valence-corrected chi connectivity index (χ0v) is 24.7. The fraction of sp³-hybridized carbons (Fsp3) is 0.344. The number of methoxy groups -OCH3 is 2. The van der Waals surface area contributed by atoms with E-state index in [4.69, 9.17) is 18.9 Å². The molecular formula is C32H36N2O6S. The molecule has 0 spiro atoms. The average molecular weight is 577 g/mol. The largest absolute Gasteiger partial charge is 0.493 e. The van der Waals surface area contributed by atoms with Crippen molar-refractivity contribution in [1.29, 1.82) is 0 Å². The van der Waals surface area contributed by atoms with Gasteiger partial charge in [-0.2, -0.15) is 0 Å². The molecule has 0 bridgehead atoms. The Morgan fingerprint density at radius 3 is 2.59 bits per heavy atom. The van der Waals surface area contributed by atoms with Crippen LogP contribution in [0.25, 0.3) is 12.2 Å². The van der Waals surface area contributed by atoms with Crippen molar-refractivity contribution in [2.24, 2.45) is 4.99 Å². The highest BCUT2D eigenvalue weighted by molar-refractivity contribution is 7.07. The van der Waals surface area contributed by atoms with Crippen LogP contribution < -0.4 is 24.4 Å². The van der Waals surface area contributed by atoms with Gasteiger partial charge in [-0.3, -0.25) is 9.36 Å². The van der Waals surface area contributed by atoms with Crippen LogP contribution in [0.3, 0.4) is 0 Å². The highest BCUT2D eigenvalue weighted by Crippen LogP contribution is 2.36. The highest BCUT2D eigenvalue weighted by atomic mass is 32.1. The van der Waals surface area contributed by atoms with Crippen molar-refractivity contribution < 1.29 is 23.7 Å². The van der Waals surface area contributed by atoms with Crippen molar-refractivity contribution in [3.63, 3.8) is 0 Å². The van der Waals surface area contributed by atoms with Crippen LogP contribution in [0.1, 0.15) is 50.3 Å². The highest BCUT2D eigenvalue weighted by Gasteiger charge is 2.34. The van der Waals surface area contributed by atoms with Crippen molar-refractivity contribution >= 4 is 29.5 Å². The number of aromatic nitrogens is 1. The van der Waals surface area contributed by atoms with Crippen LogP contribution in [0.15, 0.2) is 75.7 Å². The third-order valence-electron chi connectivity index (χ3n) is 6.61. The van der Waals surface area contributed by atoms with Gasteiger partial charge in [0.05, 0.1) is 42.2 Å². The van der Waals surface area contributed by atoms with Gasteiger partial charge in [-0.25, -0.2) is 9.79 Å². The quantitative estimate of drug-likeness (QED) is 0.217. The lowest BCUT2D eigenvalue weighted by Crippen LogP contribution is -2.40. The number of carbonyl (C=O) groups excluding carboxylic acids is 1. The van der Waals surface area contributed by atoms with Crippen LogP contribution >= 0.6 is 11.3 Å². The van der Waals surface area contributed by atoms with Crippen LogP contribution in [0.2, 0.25) is 0 Å². The van der Waals surface area contributed by atoms with Crippen LogP contribution in [0.4, 0.5) is 0 Å². The number of unbranched alkanes of at least 4 members (excludes halogenated alkanes) is 2. The van der Waals surface area contributed by atoms with Crippen LogP contribution in [-0.4, -0.2) is 44.6 Å². The van der Waals surface area contributed by atoms with E-state index in [-0.39, 0.29) is 18.8 Å². The Hall–Kier alpha value is -3.95. The minimum atomic E-state index is -0.760. The summed E-state index contributed by atoms with van der Waals surface area (Å²) in [7, 11) is 3.11. The van der Waals surface area contributed by atoms with Gasteiger partial charge in [-0.05, 0) is 42.7 Å². The minimum Gasteiger partial charge on any atom is -0.493 e. The van der Waals surface area contributed by atoms with Gasteiger partial charge >= 0.3 is 5.97 Å². The molecule has 0 saturated heterocycles. The molecule has 41 heavy (non-hydrogen) atoms. The molecule has 1 aliphatic rings. The number of hydrogen-bond acceptors (Lipinski definition) is 8. The predicted octanol–water partition coefficient (Wildman–Crippen LogP) is 4.67. The molecule has 1 unspecified atom stereocenters. The predicted molar refractivity (Wildman–Crippen MR) is 161 cm³/mol. The normalized spacial score (nSPS) is 15.1. The number of ether oxygens (including phenoxy) is 4. The van der Waals surface area contributed by atoms with Crippen LogP contribution in [0.5, 0.6) is 11.5 Å². The van der Waals surface area contributed by atoms with E-state index in [0.717, 1.165) is 24.8 Å². The number of thiazole rings is 1. The molecule has 216 valence electrons. The van der Waals surface area contributed by atoms with E-state index in [2.05, 4.69) is 11.9 Å². The van der Waals surface area contributed by atoms with Gasteiger partial charge in [0.15, 0.2) is 16.3 Å². The summed E-state index contributed by atoms with van der Waals surface area (Å²) in [4.78, 5) is 32.3. The summed E-state index contributed by atoms with van der Waals surface area (Å²) in [5, 5.41) is 0. The Balaban J connectivity index is 1.78. The lowest BCUT2D eigenvalue weighted by atomic mass is 9.95. The molecule has 9 heteroatoms. The molecule has 0 fully saturated rings.